The van der Waals surface area contributed by atoms with Gasteiger partial charge >= 0.3 is 5.97 Å². The van der Waals surface area contributed by atoms with Gasteiger partial charge in [-0.2, -0.15) is 11.8 Å². The molecule has 1 unspecified atom stereocenters. The molecule has 1 heterocycles. The molecule has 0 spiro atoms. The Bertz CT molecular complexity index is 496. The van der Waals surface area contributed by atoms with Crippen LogP contribution in [0.5, 0.6) is 0 Å². The number of nitrogen functional groups attached to an aromatic ring is 1. The molecule has 1 atom stereocenters. The van der Waals surface area contributed by atoms with Crippen molar-refractivity contribution in [2.75, 3.05) is 29.5 Å². The fourth-order valence-corrected chi connectivity index (χ4v) is 3.37. The van der Waals surface area contributed by atoms with Gasteiger partial charge in [0.1, 0.15) is 5.82 Å². The third-order valence-corrected chi connectivity index (χ3v) is 4.66. The van der Waals surface area contributed by atoms with Crippen LogP contribution in [-0.2, 0) is 0 Å². The predicted octanol–water partition coefficient (Wildman–Crippen LogP) is 2.44. The molecule has 19 heavy (non-hydrogen) atoms. The quantitative estimate of drug-likeness (QED) is 0.835. The maximum Gasteiger partial charge on any atom is 0.337 e. The third-order valence-electron chi connectivity index (χ3n) is 3.28. The number of hydrogen-bond donors (Lipinski definition) is 2. The number of benzene rings is 1. The maximum atomic E-state index is 14.0. The van der Waals surface area contributed by atoms with E-state index in [0.717, 1.165) is 31.3 Å². The molecule has 1 aliphatic heterocycles. The second kappa shape index (κ2) is 5.69. The van der Waals surface area contributed by atoms with Crippen molar-refractivity contribution in [3.63, 3.8) is 0 Å². The van der Waals surface area contributed by atoms with Crippen LogP contribution in [0.25, 0.3) is 0 Å². The molecule has 0 saturated carbocycles. The fourth-order valence-electron chi connectivity index (χ4n) is 2.19. The van der Waals surface area contributed by atoms with Crippen LogP contribution in [0.1, 0.15) is 23.7 Å². The Kier molecular flexibility index (Phi) is 4.19. The molecule has 104 valence electrons. The molecule has 0 aromatic heterocycles. The summed E-state index contributed by atoms with van der Waals surface area (Å²) in [6.45, 7) is 3.56. The minimum Gasteiger partial charge on any atom is -0.478 e. The van der Waals surface area contributed by atoms with E-state index in [1.807, 2.05) is 16.7 Å². The van der Waals surface area contributed by atoms with Gasteiger partial charge in [-0.05, 0) is 18.6 Å². The molecule has 1 aromatic rings. The summed E-state index contributed by atoms with van der Waals surface area (Å²) in [6.07, 6.45) is 1.02. The molecule has 2 rings (SSSR count). The van der Waals surface area contributed by atoms with E-state index in [9.17, 15) is 9.18 Å². The number of anilines is 2. The lowest BCUT2D eigenvalue weighted by molar-refractivity contribution is 0.0698. The minimum absolute atomic E-state index is 0.0350. The van der Waals surface area contributed by atoms with Crippen molar-refractivity contribution < 1.29 is 14.3 Å². The summed E-state index contributed by atoms with van der Waals surface area (Å²) in [6, 6.07) is 2.44. The van der Waals surface area contributed by atoms with Crippen molar-refractivity contribution in [3.05, 3.63) is 23.5 Å². The summed E-state index contributed by atoms with van der Waals surface area (Å²) in [5.74, 6) is -0.661. The molecule has 0 bridgehead atoms. The number of aromatic carboxylic acids is 1. The van der Waals surface area contributed by atoms with Gasteiger partial charge in [-0.25, -0.2) is 9.18 Å². The highest BCUT2D eigenvalue weighted by Gasteiger charge is 2.23. The van der Waals surface area contributed by atoms with Gasteiger partial charge in [-0.1, -0.05) is 6.92 Å². The third kappa shape index (κ3) is 2.94. The lowest BCUT2D eigenvalue weighted by Gasteiger charge is -2.34. The molecular weight excluding hydrogens is 267 g/mol. The number of halogens is 1. The van der Waals surface area contributed by atoms with Crippen molar-refractivity contribution >= 4 is 29.1 Å². The number of carboxylic acids is 1. The Balaban J connectivity index is 2.33. The van der Waals surface area contributed by atoms with Crippen LogP contribution in [0.3, 0.4) is 0 Å². The van der Waals surface area contributed by atoms with E-state index >= 15 is 0 Å². The van der Waals surface area contributed by atoms with E-state index in [1.54, 1.807) is 0 Å². The first-order valence-corrected chi connectivity index (χ1v) is 7.26. The van der Waals surface area contributed by atoms with Gasteiger partial charge in [0.15, 0.2) is 0 Å². The topological polar surface area (TPSA) is 66.6 Å². The first-order chi connectivity index (χ1) is 9.02. The molecule has 1 aliphatic rings. The van der Waals surface area contributed by atoms with Gasteiger partial charge in [0, 0.05) is 29.8 Å². The molecule has 0 aliphatic carbocycles. The van der Waals surface area contributed by atoms with Gasteiger partial charge in [-0.3, -0.25) is 0 Å². The van der Waals surface area contributed by atoms with Gasteiger partial charge in [0.25, 0.3) is 0 Å². The van der Waals surface area contributed by atoms with E-state index < -0.39 is 11.8 Å². The monoisotopic (exact) mass is 284 g/mol. The molecule has 1 saturated heterocycles. The minimum atomic E-state index is -1.13. The van der Waals surface area contributed by atoms with Gasteiger partial charge < -0.3 is 15.7 Å². The van der Waals surface area contributed by atoms with E-state index in [1.165, 1.54) is 6.07 Å². The van der Waals surface area contributed by atoms with Crippen molar-refractivity contribution in [1.29, 1.82) is 0 Å². The van der Waals surface area contributed by atoms with Crippen molar-refractivity contribution in [1.82, 2.24) is 0 Å². The molecule has 0 amide bonds. The Morgan fingerprint density at radius 1 is 1.63 bits per heavy atom. The van der Waals surface area contributed by atoms with E-state index in [-0.39, 0.29) is 11.3 Å². The zero-order valence-electron chi connectivity index (χ0n) is 10.7. The Morgan fingerprint density at radius 2 is 2.37 bits per heavy atom. The smallest absolute Gasteiger partial charge is 0.337 e. The summed E-state index contributed by atoms with van der Waals surface area (Å²) >= 11 is 1.88. The normalized spacial score (nSPS) is 19.5. The molecular formula is C13H17FN2O2S. The lowest BCUT2D eigenvalue weighted by atomic mass is 10.1. The zero-order valence-corrected chi connectivity index (χ0v) is 11.5. The van der Waals surface area contributed by atoms with Gasteiger partial charge in [0.2, 0.25) is 0 Å². The highest BCUT2D eigenvalue weighted by Crippen LogP contribution is 2.30. The summed E-state index contributed by atoms with van der Waals surface area (Å²) in [5.41, 5.74) is 5.79. The molecule has 4 nitrogen and oxygen atoms in total. The average molecular weight is 284 g/mol. The lowest BCUT2D eigenvalue weighted by Crippen LogP contribution is -2.38. The second-order valence-electron chi connectivity index (χ2n) is 4.54. The van der Waals surface area contributed by atoms with Crippen LogP contribution in [0.4, 0.5) is 15.8 Å². The van der Waals surface area contributed by atoms with Crippen LogP contribution in [0.15, 0.2) is 12.1 Å². The first kappa shape index (κ1) is 14.0. The number of nitrogens with two attached hydrogens (primary N) is 1. The molecule has 0 radical (unpaired) electrons. The Labute approximate surface area is 115 Å². The number of hydrogen-bond acceptors (Lipinski definition) is 4. The van der Waals surface area contributed by atoms with E-state index in [0.29, 0.717) is 10.9 Å². The highest BCUT2D eigenvalue weighted by atomic mass is 32.2. The maximum absolute atomic E-state index is 14.0. The second-order valence-corrected chi connectivity index (χ2v) is 5.95. The summed E-state index contributed by atoms with van der Waals surface area (Å²) < 4.78 is 14.0. The van der Waals surface area contributed by atoms with Crippen molar-refractivity contribution in [2.24, 2.45) is 0 Å². The number of nitrogens with zero attached hydrogens (tertiary/aromatic N) is 1. The van der Waals surface area contributed by atoms with Crippen molar-refractivity contribution in [3.8, 4) is 0 Å². The standard InChI is InChI=1S/C13H17FN2O2S/c1-2-8-7-16(3-4-19-8)12-5-9(13(17)18)11(15)6-10(12)14/h5-6,8H,2-4,7,15H2,1H3,(H,17,18). The Morgan fingerprint density at radius 3 is 3.00 bits per heavy atom. The van der Waals surface area contributed by atoms with Crippen LogP contribution >= 0.6 is 11.8 Å². The predicted molar refractivity (Wildman–Crippen MR) is 76.5 cm³/mol. The fraction of sp³-hybridized carbons (Fsp3) is 0.462. The molecule has 1 fully saturated rings. The largest absolute Gasteiger partial charge is 0.478 e. The SMILES string of the molecule is CCC1CN(c2cc(C(=O)O)c(N)cc2F)CCS1. The Hall–Kier alpha value is -1.43. The molecule has 1 aromatic carbocycles. The van der Waals surface area contributed by atoms with E-state index in [2.05, 4.69) is 6.92 Å². The summed E-state index contributed by atoms with van der Waals surface area (Å²) in [4.78, 5) is 13.0. The van der Waals surface area contributed by atoms with Crippen LogP contribution in [0.2, 0.25) is 0 Å². The van der Waals surface area contributed by atoms with Crippen LogP contribution < -0.4 is 10.6 Å². The number of carboxylic acid groups (broad SMARTS) is 1. The number of thioether (sulfide) groups is 1. The average Bonchev–Trinajstić information content (AvgIpc) is 2.38. The summed E-state index contributed by atoms with van der Waals surface area (Å²) in [7, 11) is 0. The highest BCUT2D eigenvalue weighted by molar-refractivity contribution is 8.00. The van der Waals surface area contributed by atoms with Gasteiger partial charge in [0.05, 0.1) is 11.3 Å². The first-order valence-electron chi connectivity index (χ1n) is 6.21. The van der Waals surface area contributed by atoms with Gasteiger partial charge in [-0.15, -0.1) is 0 Å². The zero-order chi connectivity index (χ0) is 14.0. The van der Waals surface area contributed by atoms with Crippen LogP contribution in [-0.4, -0.2) is 35.2 Å². The van der Waals surface area contributed by atoms with Crippen molar-refractivity contribution in [2.45, 2.75) is 18.6 Å². The summed E-state index contributed by atoms with van der Waals surface area (Å²) in [5, 5.41) is 9.51. The number of carbonyl (C=O) groups is 1. The van der Waals surface area contributed by atoms with E-state index in [4.69, 9.17) is 10.8 Å². The number of rotatable bonds is 3. The molecule has 3 N–H and O–H groups in total. The molecule has 6 heteroatoms. The van der Waals surface area contributed by atoms with Crippen LogP contribution in [0, 0.1) is 5.82 Å².